The minimum absolute atomic E-state index is 0.133. The highest BCUT2D eigenvalue weighted by Gasteiger charge is 2.41. The number of aliphatic hydroxyl groups is 3. The quantitative estimate of drug-likeness (QED) is 0.312. The van der Waals surface area contributed by atoms with Crippen molar-refractivity contribution in [3.8, 4) is 16.6 Å². The van der Waals surface area contributed by atoms with Crippen molar-refractivity contribution in [2.75, 3.05) is 37.5 Å². The van der Waals surface area contributed by atoms with E-state index in [2.05, 4.69) is 31.7 Å². The van der Waals surface area contributed by atoms with Gasteiger partial charge in [0.05, 0.1) is 34.5 Å². The van der Waals surface area contributed by atoms with Crippen molar-refractivity contribution in [3.63, 3.8) is 0 Å². The van der Waals surface area contributed by atoms with E-state index in [1.807, 2.05) is 24.3 Å². The van der Waals surface area contributed by atoms with Crippen LogP contribution in [0.1, 0.15) is 12.1 Å². The summed E-state index contributed by atoms with van der Waals surface area (Å²) >= 11 is 1.41. The number of nitrogens with zero attached hydrogens (tertiary/aromatic N) is 4. The van der Waals surface area contributed by atoms with Crippen LogP contribution in [-0.4, -0.2) is 75.4 Å². The summed E-state index contributed by atoms with van der Waals surface area (Å²) in [6, 6.07) is 9.20. The van der Waals surface area contributed by atoms with Crippen LogP contribution in [0.2, 0.25) is 0 Å². The van der Waals surface area contributed by atoms with Crippen molar-refractivity contribution >= 4 is 33.3 Å². The van der Waals surface area contributed by atoms with Gasteiger partial charge in [0.15, 0.2) is 5.69 Å². The zero-order chi connectivity index (χ0) is 22.7. The fourth-order valence-electron chi connectivity index (χ4n) is 3.80. The molecule has 1 aliphatic rings. The molecule has 2 aromatic heterocycles. The normalized spacial score (nSPS) is 22.7. The zero-order valence-corrected chi connectivity index (χ0v) is 18.2. The lowest BCUT2D eigenvalue weighted by Gasteiger charge is -2.21. The van der Waals surface area contributed by atoms with E-state index in [-0.39, 0.29) is 18.2 Å². The fourth-order valence-corrected chi connectivity index (χ4v) is 4.81. The van der Waals surface area contributed by atoms with Crippen molar-refractivity contribution in [2.24, 2.45) is 5.92 Å². The van der Waals surface area contributed by atoms with Crippen molar-refractivity contribution in [3.05, 3.63) is 30.0 Å². The Morgan fingerprint density at radius 3 is 2.72 bits per heavy atom. The lowest BCUT2D eigenvalue weighted by atomic mass is 10.1. The van der Waals surface area contributed by atoms with Crippen LogP contribution in [0.4, 0.5) is 11.8 Å². The molecule has 2 heterocycles. The van der Waals surface area contributed by atoms with E-state index in [1.54, 1.807) is 7.11 Å². The van der Waals surface area contributed by atoms with Gasteiger partial charge in [-0.2, -0.15) is 10.2 Å². The van der Waals surface area contributed by atoms with Gasteiger partial charge in [-0.3, -0.25) is 0 Å². The van der Waals surface area contributed by atoms with Crippen LogP contribution >= 0.6 is 11.3 Å². The number of aromatic nitrogens is 3. The van der Waals surface area contributed by atoms with Gasteiger partial charge < -0.3 is 30.7 Å². The summed E-state index contributed by atoms with van der Waals surface area (Å²) in [5, 5.41) is 46.8. The maximum Gasteiger partial charge on any atom is 0.226 e. The molecule has 11 heteroatoms. The first-order chi connectivity index (χ1) is 15.5. The van der Waals surface area contributed by atoms with Gasteiger partial charge in [-0.05, 0) is 18.6 Å². The molecule has 0 unspecified atom stereocenters. The fraction of sp³-hybridized carbons (Fsp3) is 0.429. The Labute approximate surface area is 188 Å². The van der Waals surface area contributed by atoms with Crippen LogP contribution in [0.15, 0.2) is 24.3 Å². The summed E-state index contributed by atoms with van der Waals surface area (Å²) < 4.78 is 6.00. The molecule has 5 N–H and O–H groups in total. The van der Waals surface area contributed by atoms with Gasteiger partial charge in [0.1, 0.15) is 23.0 Å². The highest BCUT2D eigenvalue weighted by atomic mass is 32.1. The average molecular weight is 457 g/mol. The zero-order valence-electron chi connectivity index (χ0n) is 17.4. The highest BCUT2D eigenvalue weighted by molar-refractivity contribution is 7.21. The van der Waals surface area contributed by atoms with Crippen LogP contribution in [0.3, 0.4) is 0 Å². The Hall–Kier alpha value is -2.88. The number of benzene rings is 1. The Kier molecular flexibility index (Phi) is 6.78. The predicted molar refractivity (Wildman–Crippen MR) is 120 cm³/mol. The minimum atomic E-state index is -1.10. The number of rotatable bonds is 8. The van der Waals surface area contributed by atoms with Crippen LogP contribution in [0.5, 0.6) is 0 Å². The number of methoxy groups -OCH3 is 1. The molecule has 10 nitrogen and oxygen atoms in total. The van der Waals surface area contributed by atoms with E-state index in [0.29, 0.717) is 36.0 Å². The standard InChI is InChI=1S/C21H24N6O4S/c1-31-7-6-23-21-26-14(9-22)16(20-25-12-4-2-3-5-15(12)32-20)19(27-21)24-13-8-11(10-28)17(29)18(13)30/h2-5,11,13,17-18,28-30H,6-8,10H2,1H3,(H2,23,24,26,27)/t11-,13-,17-,18+/m1/s1. The number of aliphatic hydroxyl groups excluding tert-OH is 3. The molecule has 0 aliphatic heterocycles. The van der Waals surface area contributed by atoms with Crippen molar-refractivity contribution < 1.29 is 20.1 Å². The monoisotopic (exact) mass is 456 g/mol. The van der Waals surface area contributed by atoms with Crippen LogP contribution in [0, 0.1) is 17.2 Å². The highest BCUT2D eigenvalue weighted by Crippen LogP contribution is 2.38. The number of hydrogen-bond donors (Lipinski definition) is 5. The molecule has 0 bridgehead atoms. The Morgan fingerprint density at radius 2 is 2.03 bits per heavy atom. The molecule has 1 fully saturated rings. The Bertz CT molecular complexity index is 1100. The van der Waals surface area contributed by atoms with Gasteiger partial charge in [0.2, 0.25) is 5.95 Å². The molecule has 0 spiro atoms. The third-order valence-electron chi connectivity index (χ3n) is 5.47. The van der Waals surface area contributed by atoms with Gasteiger partial charge in [0.25, 0.3) is 0 Å². The van der Waals surface area contributed by atoms with E-state index in [4.69, 9.17) is 4.74 Å². The average Bonchev–Trinajstić information content (AvgIpc) is 3.35. The van der Waals surface area contributed by atoms with Crippen LogP contribution in [-0.2, 0) is 4.74 Å². The third kappa shape index (κ3) is 4.36. The number of hydrogen-bond acceptors (Lipinski definition) is 11. The number of anilines is 2. The molecule has 168 valence electrons. The molecule has 32 heavy (non-hydrogen) atoms. The molecule has 4 rings (SSSR count). The molecule has 1 aliphatic carbocycles. The van der Waals surface area contributed by atoms with Crippen molar-refractivity contribution in [2.45, 2.75) is 24.7 Å². The molecule has 1 saturated carbocycles. The van der Waals surface area contributed by atoms with Gasteiger partial charge in [-0.15, -0.1) is 11.3 Å². The number of thiazole rings is 1. The lowest BCUT2D eigenvalue weighted by molar-refractivity contribution is 0.00446. The van der Waals surface area contributed by atoms with E-state index in [1.165, 1.54) is 11.3 Å². The summed E-state index contributed by atoms with van der Waals surface area (Å²) in [6.45, 7) is 0.635. The number of ether oxygens (including phenoxy) is 1. The second-order valence-electron chi connectivity index (χ2n) is 7.55. The second kappa shape index (κ2) is 9.72. The smallest absolute Gasteiger partial charge is 0.226 e. The lowest BCUT2D eigenvalue weighted by Crippen LogP contribution is -2.35. The van der Waals surface area contributed by atoms with E-state index < -0.39 is 24.2 Å². The maximum absolute atomic E-state index is 10.5. The van der Waals surface area contributed by atoms with Gasteiger partial charge in [-0.25, -0.2) is 9.97 Å². The first kappa shape index (κ1) is 22.3. The van der Waals surface area contributed by atoms with E-state index in [9.17, 15) is 20.6 Å². The van der Waals surface area contributed by atoms with Gasteiger partial charge in [0, 0.05) is 26.2 Å². The van der Waals surface area contributed by atoms with E-state index in [0.717, 1.165) is 10.2 Å². The number of nitrogens with one attached hydrogen (secondary N) is 2. The van der Waals surface area contributed by atoms with Crippen molar-refractivity contribution in [1.29, 1.82) is 5.26 Å². The van der Waals surface area contributed by atoms with E-state index >= 15 is 0 Å². The maximum atomic E-state index is 10.5. The second-order valence-corrected chi connectivity index (χ2v) is 8.58. The third-order valence-corrected chi connectivity index (χ3v) is 6.52. The predicted octanol–water partition coefficient (Wildman–Crippen LogP) is 1.20. The molecular weight excluding hydrogens is 432 g/mol. The summed E-state index contributed by atoms with van der Waals surface area (Å²) in [6.07, 6.45) is -1.81. The molecule has 4 atom stereocenters. The summed E-state index contributed by atoms with van der Waals surface area (Å²) in [5.74, 6) is 0.105. The summed E-state index contributed by atoms with van der Waals surface area (Å²) in [5.41, 5.74) is 1.36. The number of fused-ring (bicyclic) bond motifs is 1. The number of nitriles is 1. The molecule has 0 saturated heterocycles. The first-order valence-corrected chi connectivity index (χ1v) is 11.0. The minimum Gasteiger partial charge on any atom is -0.396 e. The van der Waals surface area contributed by atoms with Gasteiger partial charge in [-0.1, -0.05) is 12.1 Å². The first-order valence-electron chi connectivity index (χ1n) is 10.2. The SMILES string of the molecule is COCCNc1nc(C#N)c(-c2nc3ccccc3s2)c(N[C@@H]2C[C@H](CO)[C@@H](O)[C@H]2O)n1. The van der Waals surface area contributed by atoms with Crippen LogP contribution in [0.25, 0.3) is 20.8 Å². The molecule has 0 radical (unpaired) electrons. The van der Waals surface area contributed by atoms with Crippen LogP contribution < -0.4 is 10.6 Å². The van der Waals surface area contributed by atoms with Crippen molar-refractivity contribution in [1.82, 2.24) is 15.0 Å². The molecular formula is C21H24N6O4S. The largest absolute Gasteiger partial charge is 0.396 e. The summed E-state index contributed by atoms with van der Waals surface area (Å²) in [4.78, 5) is 13.5. The topological polar surface area (TPSA) is 156 Å². The summed E-state index contributed by atoms with van der Waals surface area (Å²) in [7, 11) is 1.58. The molecule has 3 aromatic rings. The Morgan fingerprint density at radius 1 is 1.22 bits per heavy atom. The Balaban J connectivity index is 1.77. The number of para-hydroxylation sites is 1. The molecule has 0 amide bonds. The molecule has 1 aromatic carbocycles. The van der Waals surface area contributed by atoms with Gasteiger partial charge >= 0.3 is 0 Å².